The summed E-state index contributed by atoms with van der Waals surface area (Å²) in [6, 6.07) is 3.85. The number of nitrogens with one attached hydrogen (secondary N) is 2. The Hall–Kier alpha value is -1.20. The minimum Gasteiger partial charge on any atom is -0.362 e. The maximum absolute atomic E-state index is 5.26. The molecule has 0 amide bonds. The Labute approximate surface area is 127 Å². The summed E-state index contributed by atoms with van der Waals surface area (Å²) in [7, 11) is 0. The number of nitrogens with zero attached hydrogens (tertiary/aromatic N) is 2. The van der Waals surface area contributed by atoms with Gasteiger partial charge in [-0.1, -0.05) is 6.92 Å². The van der Waals surface area contributed by atoms with Gasteiger partial charge in [0.05, 0.1) is 11.9 Å². The Bertz CT molecular complexity index is 402. The molecule has 0 atom stereocenters. The van der Waals surface area contributed by atoms with E-state index in [9.17, 15) is 0 Å². The molecule has 5 heteroatoms. The largest absolute Gasteiger partial charge is 0.362 e. The molecule has 1 fully saturated rings. The van der Waals surface area contributed by atoms with Crippen molar-refractivity contribution in [2.24, 2.45) is 5.92 Å². The van der Waals surface area contributed by atoms with Gasteiger partial charge in [-0.05, 0) is 69.2 Å². The first kappa shape index (κ1) is 15.2. The highest BCUT2D eigenvalue weighted by Crippen LogP contribution is 2.15. The zero-order valence-electron chi connectivity index (χ0n) is 12.1. The molecule has 0 saturated carbocycles. The van der Waals surface area contributed by atoms with Crippen LogP contribution in [0.25, 0.3) is 0 Å². The summed E-state index contributed by atoms with van der Waals surface area (Å²) in [5, 5.41) is 7.05. The molecular formula is C15H24N4S. The number of hydrogen-bond donors (Lipinski definition) is 2. The van der Waals surface area contributed by atoms with Crippen LogP contribution in [-0.4, -0.2) is 41.2 Å². The number of piperidine rings is 1. The third kappa shape index (κ3) is 5.43. The highest BCUT2D eigenvalue weighted by molar-refractivity contribution is 7.80. The SMILES string of the molecule is CC1CCN(CCCNC(=S)Nc2cccnc2)CC1. The molecule has 0 radical (unpaired) electrons. The maximum atomic E-state index is 5.26. The van der Waals surface area contributed by atoms with Crippen molar-refractivity contribution in [3.05, 3.63) is 24.5 Å². The Balaban J connectivity index is 1.56. The van der Waals surface area contributed by atoms with Crippen LogP contribution in [0.2, 0.25) is 0 Å². The van der Waals surface area contributed by atoms with E-state index < -0.39 is 0 Å². The molecule has 0 aromatic carbocycles. The molecule has 2 N–H and O–H groups in total. The van der Waals surface area contributed by atoms with Crippen LogP contribution in [0, 0.1) is 5.92 Å². The molecule has 0 spiro atoms. The molecule has 2 heterocycles. The third-order valence-electron chi connectivity index (χ3n) is 3.73. The summed E-state index contributed by atoms with van der Waals surface area (Å²) in [5.41, 5.74) is 0.926. The maximum Gasteiger partial charge on any atom is 0.170 e. The lowest BCUT2D eigenvalue weighted by molar-refractivity contribution is 0.191. The van der Waals surface area contributed by atoms with E-state index in [1.165, 1.54) is 25.9 Å². The number of likely N-dealkylation sites (tertiary alicyclic amines) is 1. The van der Waals surface area contributed by atoms with Crippen molar-refractivity contribution < 1.29 is 0 Å². The summed E-state index contributed by atoms with van der Waals surface area (Å²) in [6.45, 7) is 6.92. The van der Waals surface area contributed by atoms with Gasteiger partial charge < -0.3 is 15.5 Å². The summed E-state index contributed by atoms with van der Waals surface area (Å²) in [6.07, 6.45) is 7.33. The van der Waals surface area contributed by atoms with E-state index in [-0.39, 0.29) is 0 Å². The fraction of sp³-hybridized carbons (Fsp3) is 0.600. The minimum atomic E-state index is 0.672. The Morgan fingerprint density at radius 3 is 2.95 bits per heavy atom. The van der Waals surface area contributed by atoms with Gasteiger partial charge >= 0.3 is 0 Å². The molecule has 1 aliphatic heterocycles. The summed E-state index contributed by atoms with van der Waals surface area (Å²) < 4.78 is 0. The lowest BCUT2D eigenvalue weighted by atomic mass is 9.99. The highest BCUT2D eigenvalue weighted by atomic mass is 32.1. The van der Waals surface area contributed by atoms with Gasteiger partial charge in [0.15, 0.2) is 5.11 Å². The molecule has 0 bridgehead atoms. The monoisotopic (exact) mass is 292 g/mol. The molecule has 4 nitrogen and oxygen atoms in total. The number of thiocarbonyl (C=S) groups is 1. The van der Waals surface area contributed by atoms with Gasteiger partial charge in [-0.25, -0.2) is 0 Å². The Kier molecular flexibility index (Phi) is 6.21. The van der Waals surface area contributed by atoms with Crippen molar-refractivity contribution in [2.75, 3.05) is 31.5 Å². The normalized spacial score (nSPS) is 16.9. The van der Waals surface area contributed by atoms with E-state index in [1.807, 2.05) is 12.1 Å². The molecular weight excluding hydrogens is 268 g/mol. The lowest BCUT2D eigenvalue weighted by Crippen LogP contribution is -2.36. The number of aromatic nitrogens is 1. The van der Waals surface area contributed by atoms with E-state index in [4.69, 9.17) is 12.2 Å². The second-order valence-corrected chi connectivity index (χ2v) is 5.91. The predicted octanol–water partition coefficient (Wildman–Crippen LogP) is 2.49. The number of pyridine rings is 1. The van der Waals surface area contributed by atoms with Crippen LogP contribution in [0.5, 0.6) is 0 Å². The zero-order valence-corrected chi connectivity index (χ0v) is 13.0. The van der Waals surface area contributed by atoms with Crippen LogP contribution in [0.1, 0.15) is 26.2 Å². The first-order valence-corrected chi connectivity index (χ1v) is 7.82. The van der Waals surface area contributed by atoms with Gasteiger partial charge in [0.2, 0.25) is 0 Å². The second kappa shape index (κ2) is 8.17. The summed E-state index contributed by atoms with van der Waals surface area (Å²) in [5.74, 6) is 0.903. The van der Waals surface area contributed by atoms with Crippen LogP contribution in [0.4, 0.5) is 5.69 Å². The summed E-state index contributed by atoms with van der Waals surface area (Å²) in [4.78, 5) is 6.60. The molecule has 2 rings (SSSR count). The first-order chi connectivity index (χ1) is 9.74. The lowest BCUT2D eigenvalue weighted by Gasteiger charge is -2.30. The molecule has 1 aromatic heterocycles. The third-order valence-corrected chi connectivity index (χ3v) is 3.98. The van der Waals surface area contributed by atoms with E-state index >= 15 is 0 Å². The topological polar surface area (TPSA) is 40.2 Å². The van der Waals surface area contributed by atoms with Gasteiger partial charge in [0, 0.05) is 12.7 Å². The standard InChI is InChI=1S/C15H24N4S/c1-13-5-10-19(11-6-13)9-3-8-17-15(20)18-14-4-2-7-16-12-14/h2,4,7,12-13H,3,5-6,8-11H2,1H3,(H2,17,18,20). The average Bonchev–Trinajstić information content (AvgIpc) is 2.46. The molecule has 0 aliphatic carbocycles. The van der Waals surface area contributed by atoms with Crippen LogP contribution >= 0.6 is 12.2 Å². The Morgan fingerprint density at radius 1 is 1.45 bits per heavy atom. The van der Waals surface area contributed by atoms with Crippen molar-refractivity contribution in [2.45, 2.75) is 26.2 Å². The smallest absolute Gasteiger partial charge is 0.170 e. The van der Waals surface area contributed by atoms with E-state index in [0.29, 0.717) is 5.11 Å². The van der Waals surface area contributed by atoms with Crippen molar-refractivity contribution >= 4 is 23.0 Å². The van der Waals surface area contributed by atoms with E-state index in [0.717, 1.165) is 31.1 Å². The van der Waals surface area contributed by atoms with Crippen LogP contribution in [0.3, 0.4) is 0 Å². The van der Waals surface area contributed by atoms with Gasteiger partial charge in [0.25, 0.3) is 0 Å². The van der Waals surface area contributed by atoms with Crippen molar-refractivity contribution in [1.82, 2.24) is 15.2 Å². The molecule has 1 aromatic rings. The van der Waals surface area contributed by atoms with Crippen molar-refractivity contribution in [3.63, 3.8) is 0 Å². The predicted molar refractivity (Wildman–Crippen MR) is 87.9 cm³/mol. The molecule has 1 saturated heterocycles. The van der Waals surface area contributed by atoms with Gasteiger partial charge in [-0.15, -0.1) is 0 Å². The number of rotatable bonds is 5. The second-order valence-electron chi connectivity index (χ2n) is 5.50. The highest BCUT2D eigenvalue weighted by Gasteiger charge is 2.14. The zero-order chi connectivity index (χ0) is 14.2. The number of anilines is 1. The quantitative estimate of drug-likeness (QED) is 0.644. The molecule has 110 valence electrons. The van der Waals surface area contributed by atoms with E-state index in [2.05, 4.69) is 27.4 Å². The van der Waals surface area contributed by atoms with E-state index in [1.54, 1.807) is 12.4 Å². The van der Waals surface area contributed by atoms with Gasteiger partial charge in [-0.3, -0.25) is 4.98 Å². The number of hydrogen-bond acceptors (Lipinski definition) is 3. The fourth-order valence-electron chi connectivity index (χ4n) is 2.40. The molecule has 1 aliphatic rings. The summed E-state index contributed by atoms with van der Waals surface area (Å²) >= 11 is 5.26. The average molecular weight is 292 g/mol. The van der Waals surface area contributed by atoms with Crippen LogP contribution in [0.15, 0.2) is 24.5 Å². The Morgan fingerprint density at radius 2 is 2.25 bits per heavy atom. The van der Waals surface area contributed by atoms with Crippen molar-refractivity contribution in [3.8, 4) is 0 Å². The van der Waals surface area contributed by atoms with Gasteiger partial charge in [-0.2, -0.15) is 0 Å². The van der Waals surface area contributed by atoms with Crippen LogP contribution in [-0.2, 0) is 0 Å². The molecule has 0 unspecified atom stereocenters. The van der Waals surface area contributed by atoms with Gasteiger partial charge in [0.1, 0.15) is 0 Å². The fourth-order valence-corrected chi connectivity index (χ4v) is 2.62. The van der Waals surface area contributed by atoms with Crippen LogP contribution < -0.4 is 10.6 Å². The first-order valence-electron chi connectivity index (χ1n) is 7.41. The minimum absolute atomic E-state index is 0.672. The molecule has 20 heavy (non-hydrogen) atoms. The van der Waals surface area contributed by atoms with Crippen molar-refractivity contribution in [1.29, 1.82) is 0 Å².